The van der Waals surface area contributed by atoms with Crippen molar-refractivity contribution in [2.45, 2.75) is 13.0 Å². The second-order valence-electron chi connectivity index (χ2n) is 7.76. The lowest BCUT2D eigenvalue weighted by Crippen LogP contribution is -2.46. The van der Waals surface area contributed by atoms with Crippen molar-refractivity contribution in [1.29, 1.82) is 0 Å². The normalized spacial score (nSPS) is 15.9. The predicted molar refractivity (Wildman–Crippen MR) is 125 cm³/mol. The maximum absolute atomic E-state index is 14.0. The predicted octanol–water partition coefficient (Wildman–Crippen LogP) is 5.59. The molecular weight excluding hydrogens is 435 g/mol. The first-order valence-corrected chi connectivity index (χ1v) is 10.7. The summed E-state index contributed by atoms with van der Waals surface area (Å²) in [6, 6.07) is 21.7. The van der Waals surface area contributed by atoms with Crippen LogP contribution in [0.2, 0.25) is 0 Å². The van der Waals surface area contributed by atoms with E-state index in [0.29, 0.717) is 28.5 Å². The van der Waals surface area contributed by atoms with Crippen LogP contribution in [-0.4, -0.2) is 23.3 Å². The van der Waals surface area contributed by atoms with E-state index in [9.17, 15) is 9.18 Å². The highest BCUT2D eigenvalue weighted by Gasteiger charge is 2.36. The van der Waals surface area contributed by atoms with Gasteiger partial charge in [0, 0.05) is 11.3 Å². The van der Waals surface area contributed by atoms with Crippen LogP contribution in [0.15, 0.2) is 89.1 Å². The van der Waals surface area contributed by atoms with E-state index in [0.717, 1.165) is 11.1 Å². The number of anilines is 1. The summed E-state index contributed by atoms with van der Waals surface area (Å²) < 4.78 is 25.0. The lowest BCUT2D eigenvalue weighted by Gasteiger charge is -2.35. The van der Waals surface area contributed by atoms with Crippen molar-refractivity contribution in [3.05, 3.63) is 102 Å². The summed E-state index contributed by atoms with van der Waals surface area (Å²) in [7, 11) is 1.58. The molecule has 4 aromatic rings. The third-order valence-electron chi connectivity index (χ3n) is 5.67. The number of ether oxygens (including phenoxy) is 1. The highest BCUT2D eigenvalue weighted by Crippen LogP contribution is 2.39. The molecule has 170 valence electrons. The van der Waals surface area contributed by atoms with Gasteiger partial charge in [0.05, 0.1) is 24.4 Å². The van der Waals surface area contributed by atoms with E-state index in [1.165, 1.54) is 17.0 Å². The van der Waals surface area contributed by atoms with E-state index in [1.807, 2.05) is 54.6 Å². The highest BCUT2D eigenvalue weighted by atomic mass is 19.1. The summed E-state index contributed by atoms with van der Waals surface area (Å²) in [6.45, 7) is 1.78. The minimum Gasteiger partial charge on any atom is -0.497 e. The van der Waals surface area contributed by atoms with Gasteiger partial charge < -0.3 is 14.6 Å². The molecule has 3 aromatic carbocycles. The number of carbonyl (C=O) groups excluding carboxylic acids is 1. The molecule has 1 atom stereocenters. The van der Waals surface area contributed by atoms with Crippen molar-refractivity contribution in [2.75, 3.05) is 12.0 Å². The number of hydrogen-bond acceptors (Lipinski definition) is 5. The number of amides is 2. The van der Waals surface area contributed by atoms with Gasteiger partial charge in [-0.05, 0) is 42.8 Å². The summed E-state index contributed by atoms with van der Waals surface area (Å²) in [4.78, 5) is 19.2. The van der Waals surface area contributed by atoms with Crippen molar-refractivity contribution in [3.8, 4) is 17.1 Å². The Morgan fingerprint density at radius 3 is 2.59 bits per heavy atom. The Bertz CT molecular complexity index is 1380. The first kappa shape index (κ1) is 21.4. The van der Waals surface area contributed by atoms with Crippen LogP contribution in [0.1, 0.15) is 24.4 Å². The molecule has 0 radical (unpaired) electrons. The standard InChI is InChI=1S/C26H21FN4O3/c1-16-22(25-29-24(30-34-25)17-8-4-3-5-9-17)23(18-10-6-13-21(14-18)33-2)28-26(32)31(16)20-12-7-11-19(27)15-20/h3-15,23H,1-2H3,(H,28,32). The van der Waals surface area contributed by atoms with Gasteiger partial charge in [-0.15, -0.1) is 0 Å². The molecule has 1 aromatic heterocycles. The zero-order chi connectivity index (χ0) is 23.7. The Balaban J connectivity index is 1.67. The quantitative estimate of drug-likeness (QED) is 0.424. The number of allylic oxidation sites excluding steroid dienone is 1. The van der Waals surface area contributed by atoms with Gasteiger partial charge in [0.2, 0.25) is 5.82 Å². The van der Waals surface area contributed by atoms with Crippen LogP contribution in [0.5, 0.6) is 5.75 Å². The van der Waals surface area contributed by atoms with Crippen LogP contribution in [0.3, 0.4) is 0 Å². The second kappa shape index (κ2) is 8.82. The topological polar surface area (TPSA) is 80.5 Å². The molecule has 0 spiro atoms. The number of methoxy groups -OCH3 is 1. The van der Waals surface area contributed by atoms with E-state index in [4.69, 9.17) is 9.26 Å². The van der Waals surface area contributed by atoms with Crippen molar-refractivity contribution in [2.24, 2.45) is 0 Å². The van der Waals surface area contributed by atoms with Crippen LogP contribution in [0.4, 0.5) is 14.9 Å². The third kappa shape index (κ3) is 3.90. The van der Waals surface area contributed by atoms with E-state index < -0.39 is 17.9 Å². The monoisotopic (exact) mass is 456 g/mol. The smallest absolute Gasteiger partial charge is 0.327 e. The van der Waals surface area contributed by atoms with Crippen LogP contribution in [0.25, 0.3) is 17.0 Å². The zero-order valence-corrected chi connectivity index (χ0v) is 18.5. The van der Waals surface area contributed by atoms with Gasteiger partial charge in [-0.1, -0.05) is 53.7 Å². The number of urea groups is 1. The minimum atomic E-state index is -0.587. The average molecular weight is 456 g/mol. The highest BCUT2D eigenvalue weighted by molar-refractivity contribution is 6.01. The van der Waals surface area contributed by atoms with Crippen LogP contribution >= 0.6 is 0 Å². The van der Waals surface area contributed by atoms with E-state index in [2.05, 4.69) is 15.5 Å². The van der Waals surface area contributed by atoms with Gasteiger partial charge in [0.15, 0.2) is 0 Å². The molecular formula is C26H21FN4O3. The number of carbonyl (C=O) groups is 1. The van der Waals surface area contributed by atoms with Gasteiger partial charge in [-0.2, -0.15) is 4.98 Å². The fraction of sp³-hybridized carbons (Fsp3) is 0.115. The largest absolute Gasteiger partial charge is 0.497 e. The minimum absolute atomic E-state index is 0.255. The molecule has 5 rings (SSSR count). The van der Waals surface area contributed by atoms with Crippen LogP contribution in [-0.2, 0) is 0 Å². The molecule has 7 nitrogen and oxygen atoms in total. The molecule has 0 saturated heterocycles. The first-order valence-electron chi connectivity index (χ1n) is 10.7. The molecule has 1 aliphatic heterocycles. The van der Waals surface area contributed by atoms with Gasteiger partial charge >= 0.3 is 6.03 Å². The number of benzene rings is 3. The van der Waals surface area contributed by atoms with Gasteiger partial charge in [-0.25, -0.2) is 9.18 Å². The number of nitrogens with zero attached hydrogens (tertiary/aromatic N) is 3. The van der Waals surface area contributed by atoms with Gasteiger partial charge in [0.1, 0.15) is 11.6 Å². The SMILES string of the molecule is COc1cccc(C2NC(=O)N(c3cccc(F)c3)C(C)=C2c2nc(-c3ccccc3)no2)c1. The summed E-state index contributed by atoms with van der Waals surface area (Å²) in [5.74, 6) is 0.880. The molecule has 34 heavy (non-hydrogen) atoms. The molecule has 0 aliphatic carbocycles. The number of nitrogens with one attached hydrogen (secondary N) is 1. The Hall–Kier alpha value is -4.46. The Kier molecular flexibility index (Phi) is 5.55. The second-order valence-corrected chi connectivity index (χ2v) is 7.76. The van der Waals surface area contributed by atoms with Gasteiger partial charge in [0.25, 0.3) is 5.89 Å². The summed E-state index contributed by atoms with van der Waals surface area (Å²) in [5.41, 5.74) is 3.12. The molecule has 0 fully saturated rings. The number of halogens is 1. The first-order chi connectivity index (χ1) is 16.5. The maximum Gasteiger partial charge on any atom is 0.327 e. The summed E-state index contributed by atoms with van der Waals surface area (Å²) in [5, 5.41) is 7.16. The lowest BCUT2D eigenvalue weighted by atomic mass is 9.94. The third-order valence-corrected chi connectivity index (χ3v) is 5.67. The van der Waals surface area contributed by atoms with Crippen LogP contribution in [0, 0.1) is 5.82 Å². The van der Waals surface area contributed by atoms with E-state index in [-0.39, 0.29) is 5.89 Å². The fourth-order valence-electron chi connectivity index (χ4n) is 4.05. The van der Waals surface area contributed by atoms with Crippen molar-refractivity contribution < 1.29 is 18.4 Å². The Labute approximate surface area is 195 Å². The number of hydrogen-bond donors (Lipinski definition) is 1. The fourth-order valence-corrected chi connectivity index (χ4v) is 4.05. The molecule has 8 heteroatoms. The molecule has 1 N–H and O–H groups in total. The van der Waals surface area contributed by atoms with Gasteiger partial charge in [-0.3, -0.25) is 4.90 Å². The van der Waals surface area contributed by atoms with E-state index >= 15 is 0 Å². The van der Waals surface area contributed by atoms with Crippen molar-refractivity contribution in [1.82, 2.24) is 15.5 Å². The Morgan fingerprint density at radius 2 is 1.82 bits per heavy atom. The maximum atomic E-state index is 14.0. The lowest BCUT2D eigenvalue weighted by molar-refractivity contribution is 0.244. The molecule has 0 saturated carbocycles. The van der Waals surface area contributed by atoms with Crippen molar-refractivity contribution >= 4 is 17.3 Å². The Morgan fingerprint density at radius 1 is 1.03 bits per heavy atom. The van der Waals surface area contributed by atoms with E-state index in [1.54, 1.807) is 26.2 Å². The molecule has 2 amide bonds. The average Bonchev–Trinajstić information content (AvgIpc) is 3.34. The molecule has 1 unspecified atom stereocenters. The van der Waals surface area contributed by atoms with Crippen LogP contribution < -0.4 is 15.0 Å². The molecule has 2 heterocycles. The molecule has 0 bridgehead atoms. The molecule has 1 aliphatic rings. The summed E-state index contributed by atoms with van der Waals surface area (Å²) in [6.07, 6.45) is 0. The number of rotatable bonds is 5. The zero-order valence-electron chi connectivity index (χ0n) is 18.5. The number of aromatic nitrogens is 2. The van der Waals surface area contributed by atoms with Crippen molar-refractivity contribution in [3.63, 3.8) is 0 Å². The summed E-state index contributed by atoms with van der Waals surface area (Å²) >= 11 is 0.